The average Bonchev–Trinajstić information content (AvgIpc) is 3.24. The van der Waals surface area contributed by atoms with E-state index in [1.54, 1.807) is 18.2 Å². The van der Waals surface area contributed by atoms with Gasteiger partial charge in [-0.25, -0.2) is 4.98 Å². The van der Waals surface area contributed by atoms with Crippen molar-refractivity contribution >= 4 is 50.8 Å². The third-order valence-corrected chi connectivity index (χ3v) is 6.80. The van der Waals surface area contributed by atoms with E-state index in [-0.39, 0.29) is 11.8 Å². The number of benzene rings is 3. The van der Waals surface area contributed by atoms with Crippen molar-refractivity contribution in [3.63, 3.8) is 0 Å². The highest BCUT2D eigenvalue weighted by Gasteiger charge is 2.13. The van der Waals surface area contributed by atoms with Crippen LogP contribution in [0.3, 0.4) is 0 Å². The Balaban J connectivity index is 1.36. The van der Waals surface area contributed by atoms with Gasteiger partial charge in [-0.05, 0) is 35.9 Å². The van der Waals surface area contributed by atoms with Gasteiger partial charge in [-0.1, -0.05) is 54.2 Å². The van der Waals surface area contributed by atoms with Crippen LogP contribution in [0.15, 0.2) is 77.1 Å². The van der Waals surface area contributed by atoms with Crippen molar-refractivity contribution in [2.24, 2.45) is 0 Å². The number of rotatable bonds is 8. The largest absolute Gasteiger partial charge is 0.496 e. The van der Waals surface area contributed by atoms with E-state index in [4.69, 9.17) is 4.74 Å². The van der Waals surface area contributed by atoms with Crippen LogP contribution in [-0.2, 0) is 11.3 Å². The van der Waals surface area contributed by atoms with E-state index in [0.29, 0.717) is 29.3 Å². The van der Waals surface area contributed by atoms with Gasteiger partial charge in [0.05, 0.1) is 28.6 Å². The Hall–Kier alpha value is -3.36. The molecular formula is C24H21N3O3S2. The lowest BCUT2D eigenvalue weighted by atomic mass is 10.2. The molecule has 1 heterocycles. The number of fused-ring (bicyclic) bond motifs is 1. The number of carbonyl (C=O) groups is 2. The predicted octanol–water partition coefficient (Wildman–Crippen LogP) is 4.97. The zero-order chi connectivity index (χ0) is 22.3. The number of nitrogens with zero attached hydrogens (tertiary/aromatic N) is 1. The number of aromatic nitrogens is 1. The van der Waals surface area contributed by atoms with E-state index in [1.165, 1.54) is 30.2 Å². The summed E-state index contributed by atoms with van der Waals surface area (Å²) in [4.78, 5) is 29.4. The second-order valence-corrected chi connectivity index (χ2v) is 9.12. The van der Waals surface area contributed by atoms with Crippen LogP contribution in [0.4, 0.5) is 5.69 Å². The molecule has 3 aromatic carbocycles. The standard InChI is InChI=1S/C24H21N3O3S2/c1-30-20-10-6-5-9-18(20)23(29)26-17-11-12-19-21(13-17)32-24(27-19)31-15-22(28)25-14-16-7-3-2-4-8-16/h2-13H,14-15H2,1H3,(H,25,28)(H,26,29). The maximum atomic E-state index is 12.6. The van der Waals surface area contributed by atoms with Crippen molar-refractivity contribution < 1.29 is 14.3 Å². The molecular weight excluding hydrogens is 442 g/mol. The zero-order valence-corrected chi connectivity index (χ0v) is 19.0. The molecule has 0 atom stereocenters. The second-order valence-electron chi connectivity index (χ2n) is 6.87. The first-order valence-electron chi connectivity index (χ1n) is 9.91. The number of ether oxygens (including phenoxy) is 1. The fourth-order valence-electron chi connectivity index (χ4n) is 3.05. The van der Waals surface area contributed by atoms with Crippen LogP contribution in [0.25, 0.3) is 10.2 Å². The van der Waals surface area contributed by atoms with Crippen LogP contribution in [0.2, 0.25) is 0 Å². The van der Waals surface area contributed by atoms with Gasteiger partial charge in [-0.3, -0.25) is 9.59 Å². The third kappa shape index (κ3) is 5.46. The Morgan fingerprint density at radius 2 is 1.81 bits per heavy atom. The number of para-hydroxylation sites is 1. The Kier molecular flexibility index (Phi) is 7.03. The molecule has 0 bridgehead atoms. The first kappa shape index (κ1) is 21.9. The first-order valence-corrected chi connectivity index (χ1v) is 11.7. The fraction of sp³-hybridized carbons (Fsp3) is 0.125. The summed E-state index contributed by atoms with van der Waals surface area (Å²) in [5, 5.41) is 5.82. The molecule has 0 aliphatic heterocycles. The highest BCUT2D eigenvalue weighted by atomic mass is 32.2. The van der Waals surface area contributed by atoms with E-state index < -0.39 is 0 Å². The summed E-state index contributed by atoms with van der Waals surface area (Å²) in [5.74, 6) is 0.538. The molecule has 4 aromatic rings. The van der Waals surface area contributed by atoms with Gasteiger partial charge in [0.2, 0.25) is 5.91 Å². The number of amides is 2. The van der Waals surface area contributed by atoms with Crippen molar-refractivity contribution in [2.75, 3.05) is 18.2 Å². The number of thioether (sulfide) groups is 1. The van der Waals surface area contributed by atoms with Crippen molar-refractivity contribution in [3.05, 3.63) is 83.9 Å². The van der Waals surface area contributed by atoms with Gasteiger partial charge in [-0.2, -0.15) is 0 Å². The molecule has 0 radical (unpaired) electrons. The molecule has 0 saturated carbocycles. The number of nitrogens with one attached hydrogen (secondary N) is 2. The number of anilines is 1. The second kappa shape index (κ2) is 10.3. The summed E-state index contributed by atoms with van der Waals surface area (Å²) in [5.41, 5.74) is 3.04. The summed E-state index contributed by atoms with van der Waals surface area (Å²) < 4.78 is 7.01. The Labute approximate surface area is 194 Å². The minimum absolute atomic E-state index is 0.0390. The topological polar surface area (TPSA) is 80.3 Å². The molecule has 0 fully saturated rings. The van der Waals surface area contributed by atoms with E-state index in [9.17, 15) is 9.59 Å². The summed E-state index contributed by atoms with van der Waals surface area (Å²) >= 11 is 2.90. The minimum Gasteiger partial charge on any atom is -0.496 e. The van der Waals surface area contributed by atoms with Gasteiger partial charge >= 0.3 is 0 Å². The summed E-state index contributed by atoms with van der Waals surface area (Å²) in [6.07, 6.45) is 0. The summed E-state index contributed by atoms with van der Waals surface area (Å²) in [6.45, 7) is 0.509. The van der Waals surface area contributed by atoms with Gasteiger partial charge in [0.1, 0.15) is 5.75 Å². The molecule has 1 aromatic heterocycles. The normalized spacial score (nSPS) is 10.7. The maximum absolute atomic E-state index is 12.6. The van der Waals surface area contributed by atoms with Gasteiger partial charge in [0.25, 0.3) is 5.91 Å². The van der Waals surface area contributed by atoms with E-state index in [2.05, 4.69) is 15.6 Å². The molecule has 0 aliphatic rings. The Morgan fingerprint density at radius 3 is 2.62 bits per heavy atom. The van der Waals surface area contributed by atoms with Crippen LogP contribution in [-0.4, -0.2) is 29.7 Å². The SMILES string of the molecule is COc1ccccc1C(=O)Nc1ccc2nc(SCC(=O)NCc3ccccc3)sc2c1. The lowest BCUT2D eigenvalue weighted by Crippen LogP contribution is -2.24. The first-order chi connectivity index (χ1) is 15.6. The number of hydrogen-bond acceptors (Lipinski definition) is 6. The Morgan fingerprint density at radius 1 is 1.03 bits per heavy atom. The molecule has 0 aliphatic carbocycles. The number of carbonyl (C=O) groups excluding carboxylic acids is 2. The van der Waals surface area contributed by atoms with E-state index in [0.717, 1.165) is 20.1 Å². The van der Waals surface area contributed by atoms with Crippen LogP contribution in [0.1, 0.15) is 15.9 Å². The molecule has 2 N–H and O–H groups in total. The fourth-order valence-corrected chi connectivity index (χ4v) is 4.99. The third-order valence-electron chi connectivity index (χ3n) is 4.64. The summed E-state index contributed by atoms with van der Waals surface area (Å²) in [7, 11) is 1.54. The predicted molar refractivity (Wildman–Crippen MR) is 130 cm³/mol. The number of thiazole rings is 1. The van der Waals surface area contributed by atoms with E-state index in [1.807, 2.05) is 54.6 Å². The minimum atomic E-state index is -0.240. The number of methoxy groups -OCH3 is 1. The monoisotopic (exact) mass is 463 g/mol. The number of hydrogen-bond donors (Lipinski definition) is 2. The maximum Gasteiger partial charge on any atom is 0.259 e. The smallest absolute Gasteiger partial charge is 0.259 e. The molecule has 8 heteroatoms. The molecule has 0 unspecified atom stereocenters. The molecule has 0 saturated heterocycles. The van der Waals surface area contributed by atoms with E-state index >= 15 is 0 Å². The van der Waals surface area contributed by atoms with Gasteiger partial charge < -0.3 is 15.4 Å². The van der Waals surface area contributed by atoms with Crippen LogP contribution < -0.4 is 15.4 Å². The van der Waals surface area contributed by atoms with Crippen molar-refractivity contribution in [1.29, 1.82) is 0 Å². The van der Waals surface area contributed by atoms with Gasteiger partial charge in [0.15, 0.2) is 4.34 Å². The molecule has 32 heavy (non-hydrogen) atoms. The van der Waals surface area contributed by atoms with Crippen LogP contribution in [0.5, 0.6) is 5.75 Å². The van der Waals surface area contributed by atoms with Gasteiger partial charge in [-0.15, -0.1) is 11.3 Å². The highest BCUT2D eigenvalue weighted by Crippen LogP contribution is 2.31. The molecule has 0 spiro atoms. The highest BCUT2D eigenvalue weighted by molar-refractivity contribution is 8.01. The Bertz CT molecular complexity index is 1240. The van der Waals surface area contributed by atoms with Crippen molar-refractivity contribution in [2.45, 2.75) is 10.9 Å². The van der Waals surface area contributed by atoms with Crippen molar-refractivity contribution in [3.8, 4) is 5.75 Å². The molecule has 162 valence electrons. The lowest BCUT2D eigenvalue weighted by molar-refractivity contribution is -0.118. The quantitative estimate of drug-likeness (QED) is 0.361. The van der Waals surface area contributed by atoms with Crippen molar-refractivity contribution in [1.82, 2.24) is 10.3 Å². The van der Waals surface area contributed by atoms with Crippen LogP contribution >= 0.6 is 23.1 Å². The zero-order valence-electron chi connectivity index (χ0n) is 17.3. The lowest BCUT2D eigenvalue weighted by Gasteiger charge is -2.09. The average molecular weight is 464 g/mol. The molecule has 2 amide bonds. The molecule has 6 nitrogen and oxygen atoms in total. The molecule has 4 rings (SSSR count). The van der Waals surface area contributed by atoms with Crippen LogP contribution in [0, 0.1) is 0 Å². The summed E-state index contributed by atoms with van der Waals surface area (Å²) in [6, 6.07) is 22.5. The van der Waals surface area contributed by atoms with Gasteiger partial charge in [0, 0.05) is 12.2 Å².